The molecule has 1 fully saturated rings. The molecule has 2 rings (SSSR count). The fourth-order valence-electron chi connectivity index (χ4n) is 3.44. The molecule has 0 N–H and O–H groups in total. The average molecular weight is 376 g/mol. The highest BCUT2D eigenvalue weighted by Gasteiger charge is 2.22. The molecule has 1 atom stereocenters. The first kappa shape index (κ1) is 21.2. The molecule has 1 aromatic carbocycles. The van der Waals surface area contributed by atoms with Crippen LogP contribution in [0.2, 0.25) is 0 Å². The molecular formula is C21H32N2O4. The lowest BCUT2D eigenvalue weighted by Gasteiger charge is -2.26. The van der Waals surface area contributed by atoms with Crippen molar-refractivity contribution in [3.05, 3.63) is 29.8 Å². The lowest BCUT2D eigenvalue weighted by atomic mass is 10.1. The van der Waals surface area contributed by atoms with E-state index in [1.807, 2.05) is 0 Å². The third-order valence-electron chi connectivity index (χ3n) is 5.07. The predicted octanol–water partition coefficient (Wildman–Crippen LogP) is 2.82. The van der Waals surface area contributed by atoms with E-state index in [1.165, 1.54) is 33.0 Å². The number of esters is 1. The molecule has 1 aromatic rings. The summed E-state index contributed by atoms with van der Waals surface area (Å²) >= 11 is 0. The molecule has 0 saturated carbocycles. The summed E-state index contributed by atoms with van der Waals surface area (Å²) in [5.74, 6) is 0.0107. The van der Waals surface area contributed by atoms with Gasteiger partial charge in [-0.05, 0) is 69.6 Å². The van der Waals surface area contributed by atoms with Crippen LogP contribution in [0.25, 0.3) is 0 Å². The highest BCUT2D eigenvalue weighted by atomic mass is 16.5. The number of carbonyl (C=O) groups excluding carboxylic acids is 2. The van der Waals surface area contributed by atoms with Crippen LogP contribution in [0.4, 0.5) is 0 Å². The Kier molecular flexibility index (Phi) is 8.58. The van der Waals surface area contributed by atoms with Crippen molar-refractivity contribution >= 4 is 11.9 Å². The number of carbonyl (C=O) groups is 2. The van der Waals surface area contributed by atoms with Crippen LogP contribution in [-0.4, -0.2) is 68.6 Å². The number of likely N-dealkylation sites (tertiary alicyclic amines) is 1. The monoisotopic (exact) mass is 376 g/mol. The molecule has 27 heavy (non-hydrogen) atoms. The van der Waals surface area contributed by atoms with Crippen molar-refractivity contribution in [3.8, 4) is 5.75 Å². The number of unbranched alkanes of at least 4 members (excludes halogenated alkanes) is 1. The highest BCUT2D eigenvalue weighted by Crippen LogP contribution is 2.15. The fourth-order valence-corrected chi connectivity index (χ4v) is 3.44. The summed E-state index contributed by atoms with van der Waals surface area (Å²) in [7, 11) is 2.98. The summed E-state index contributed by atoms with van der Waals surface area (Å²) < 4.78 is 9.98. The predicted molar refractivity (Wildman–Crippen MR) is 105 cm³/mol. The second-order valence-electron chi connectivity index (χ2n) is 7.16. The van der Waals surface area contributed by atoms with E-state index >= 15 is 0 Å². The van der Waals surface area contributed by atoms with Crippen molar-refractivity contribution in [2.75, 3.05) is 46.9 Å². The van der Waals surface area contributed by atoms with Crippen molar-refractivity contribution in [3.63, 3.8) is 0 Å². The van der Waals surface area contributed by atoms with E-state index < -0.39 is 0 Å². The van der Waals surface area contributed by atoms with Gasteiger partial charge in [0.2, 0.25) is 0 Å². The summed E-state index contributed by atoms with van der Waals surface area (Å²) in [5, 5.41) is 0. The number of rotatable bonds is 10. The van der Waals surface area contributed by atoms with Gasteiger partial charge in [-0.1, -0.05) is 6.92 Å². The molecule has 0 aliphatic carbocycles. The topological polar surface area (TPSA) is 59.1 Å². The van der Waals surface area contributed by atoms with Crippen LogP contribution in [0, 0.1) is 5.92 Å². The minimum Gasteiger partial charge on any atom is -0.497 e. The lowest BCUT2D eigenvalue weighted by molar-refractivity contribution is -0.145. The second-order valence-corrected chi connectivity index (χ2v) is 7.16. The van der Waals surface area contributed by atoms with Gasteiger partial charge in [-0.25, -0.2) is 0 Å². The van der Waals surface area contributed by atoms with Gasteiger partial charge in [0.15, 0.2) is 0 Å². The molecule has 1 aliphatic heterocycles. The Morgan fingerprint density at radius 2 is 1.78 bits per heavy atom. The smallest absolute Gasteiger partial charge is 0.310 e. The Bertz CT molecular complexity index is 597. The standard InChI is InChI=1S/C21H32N2O4/c1-17(21(25)27-3)16-23(15-7-6-14-22-12-4-5-13-22)20(24)18-8-10-19(26-2)11-9-18/h8-11,17H,4-7,12-16H2,1-3H3. The zero-order valence-corrected chi connectivity index (χ0v) is 16.8. The van der Waals surface area contributed by atoms with Crippen LogP contribution in [0.1, 0.15) is 43.0 Å². The van der Waals surface area contributed by atoms with E-state index in [0.717, 1.165) is 19.4 Å². The zero-order chi connectivity index (χ0) is 19.6. The van der Waals surface area contributed by atoms with Gasteiger partial charge in [-0.15, -0.1) is 0 Å². The van der Waals surface area contributed by atoms with Gasteiger partial charge in [0.1, 0.15) is 5.75 Å². The Balaban J connectivity index is 1.96. The Labute approximate surface area is 162 Å². The molecule has 0 aromatic heterocycles. The van der Waals surface area contributed by atoms with E-state index in [1.54, 1.807) is 43.2 Å². The van der Waals surface area contributed by atoms with Crippen molar-refractivity contribution in [1.29, 1.82) is 0 Å². The van der Waals surface area contributed by atoms with Crippen LogP contribution in [0.15, 0.2) is 24.3 Å². The molecule has 1 saturated heterocycles. The van der Waals surface area contributed by atoms with Crippen LogP contribution >= 0.6 is 0 Å². The van der Waals surface area contributed by atoms with Gasteiger partial charge in [0.25, 0.3) is 5.91 Å². The Morgan fingerprint density at radius 3 is 2.37 bits per heavy atom. The minimum atomic E-state index is -0.351. The summed E-state index contributed by atoms with van der Waals surface area (Å²) in [4.78, 5) is 29.0. The van der Waals surface area contributed by atoms with Crippen molar-refractivity contribution in [2.24, 2.45) is 5.92 Å². The molecular weight excluding hydrogens is 344 g/mol. The summed E-state index contributed by atoms with van der Waals surface area (Å²) in [6.07, 6.45) is 4.56. The van der Waals surface area contributed by atoms with Crippen molar-refractivity contribution in [1.82, 2.24) is 9.80 Å². The van der Waals surface area contributed by atoms with Gasteiger partial charge in [-0.3, -0.25) is 9.59 Å². The minimum absolute atomic E-state index is 0.0606. The van der Waals surface area contributed by atoms with E-state index in [2.05, 4.69) is 4.90 Å². The zero-order valence-electron chi connectivity index (χ0n) is 16.8. The molecule has 150 valence electrons. The first-order chi connectivity index (χ1) is 13.0. The quantitative estimate of drug-likeness (QED) is 0.464. The molecule has 6 heteroatoms. The van der Waals surface area contributed by atoms with Crippen LogP contribution in [-0.2, 0) is 9.53 Å². The summed E-state index contributed by atoms with van der Waals surface area (Å²) in [5.41, 5.74) is 0.604. The number of hydrogen-bond acceptors (Lipinski definition) is 5. The molecule has 0 radical (unpaired) electrons. The van der Waals surface area contributed by atoms with Crippen molar-refractivity contribution < 1.29 is 19.1 Å². The maximum Gasteiger partial charge on any atom is 0.310 e. The van der Waals surface area contributed by atoms with Crippen LogP contribution in [0.3, 0.4) is 0 Å². The number of amides is 1. The van der Waals surface area contributed by atoms with Gasteiger partial charge >= 0.3 is 5.97 Å². The van der Waals surface area contributed by atoms with Crippen LogP contribution in [0.5, 0.6) is 5.75 Å². The lowest BCUT2D eigenvalue weighted by Crippen LogP contribution is -2.38. The maximum atomic E-state index is 13.0. The molecule has 0 bridgehead atoms. The highest BCUT2D eigenvalue weighted by molar-refractivity contribution is 5.94. The SMILES string of the molecule is COC(=O)C(C)CN(CCCCN1CCCC1)C(=O)c1ccc(OC)cc1. The van der Waals surface area contributed by atoms with Gasteiger partial charge < -0.3 is 19.3 Å². The average Bonchev–Trinajstić information content (AvgIpc) is 3.22. The molecule has 6 nitrogen and oxygen atoms in total. The second kappa shape index (κ2) is 10.9. The van der Waals surface area contributed by atoms with Gasteiger partial charge in [0.05, 0.1) is 20.1 Å². The van der Waals surface area contributed by atoms with E-state index in [-0.39, 0.29) is 17.8 Å². The molecule has 1 aliphatic rings. The fraction of sp³-hybridized carbons (Fsp3) is 0.619. The number of hydrogen-bond donors (Lipinski definition) is 0. The number of nitrogens with zero attached hydrogens (tertiary/aromatic N) is 2. The largest absolute Gasteiger partial charge is 0.497 e. The third-order valence-corrected chi connectivity index (χ3v) is 5.07. The van der Waals surface area contributed by atoms with Crippen molar-refractivity contribution in [2.45, 2.75) is 32.6 Å². The molecule has 0 spiro atoms. The number of methoxy groups -OCH3 is 2. The van der Waals surface area contributed by atoms with E-state index in [0.29, 0.717) is 24.4 Å². The van der Waals surface area contributed by atoms with Gasteiger partial charge in [-0.2, -0.15) is 0 Å². The van der Waals surface area contributed by atoms with Crippen LogP contribution < -0.4 is 4.74 Å². The third kappa shape index (κ3) is 6.54. The normalized spacial score (nSPS) is 15.4. The maximum absolute atomic E-state index is 13.0. The summed E-state index contributed by atoms with van der Waals surface area (Å²) in [6.45, 7) is 6.25. The van der Waals surface area contributed by atoms with E-state index in [9.17, 15) is 9.59 Å². The molecule has 1 heterocycles. The Morgan fingerprint density at radius 1 is 1.11 bits per heavy atom. The number of ether oxygens (including phenoxy) is 2. The first-order valence-corrected chi connectivity index (χ1v) is 9.78. The molecule has 1 amide bonds. The first-order valence-electron chi connectivity index (χ1n) is 9.78. The number of benzene rings is 1. The Hall–Kier alpha value is -2.08. The van der Waals surface area contributed by atoms with Gasteiger partial charge in [0, 0.05) is 18.7 Å². The summed E-state index contributed by atoms with van der Waals surface area (Å²) in [6, 6.07) is 7.09. The van der Waals surface area contributed by atoms with E-state index in [4.69, 9.17) is 9.47 Å². The molecule has 1 unspecified atom stereocenters.